The Balaban J connectivity index is 2.03. The van der Waals surface area contributed by atoms with Crippen LogP contribution in [0.4, 0.5) is 4.39 Å². The maximum atomic E-state index is 14.3. The summed E-state index contributed by atoms with van der Waals surface area (Å²) in [6.45, 7) is 2.54. The molecule has 1 aliphatic heterocycles. The van der Waals surface area contributed by atoms with Crippen LogP contribution in [0.2, 0.25) is 5.02 Å². The maximum Gasteiger partial charge on any atom is 0.132 e. The number of benzene rings is 2. The zero-order valence-electron chi connectivity index (χ0n) is 12.5. The fraction of sp³-hybridized carbons (Fsp3) is 0.105. The third-order valence-electron chi connectivity index (χ3n) is 4.20. The largest absolute Gasteiger partial charge is 0.364 e. The van der Waals surface area contributed by atoms with Crippen molar-refractivity contribution in [3.8, 4) is 11.1 Å². The van der Waals surface area contributed by atoms with Gasteiger partial charge in [-0.05, 0) is 42.3 Å². The van der Waals surface area contributed by atoms with Gasteiger partial charge in [-0.25, -0.2) is 4.39 Å². The van der Waals surface area contributed by atoms with E-state index in [2.05, 4.69) is 9.98 Å². The lowest BCUT2D eigenvalue weighted by molar-refractivity contribution is 0.625. The summed E-state index contributed by atoms with van der Waals surface area (Å²) in [5, 5.41) is 0.615. The van der Waals surface area contributed by atoms with Gasteiger partial charge in [-0.2, -0.15) is 0 Å². The Kier molecular flexibility index (Phi) is 3.31. The molecule has 1 N–H and O–H groups in total. The minimum Gasteiger partial charge on any atom is -0.364 e. The zero-order chi connectivity index (χ0) is 16.0. The molecule has 0 bridgehead atoms. The normalized spacial score (nSPS) is 13.1. The Morgan fingerprint density at radius 3 is 2.74 bits per heavy atom. The molecule has 114 valence electrons. The fourth-order valence-electron chi connectivity index (χ4n) is 3.14. The molecule has 0 saturated carbocycles. The third kappa shape index (κ3) is 2.28. The van der Waals surface area contributed by atoms with Crippen molar-refractivity contribution in [3.05, 3.63) is 81.9 Å². The van der Waals surface area contributed by atoms with Crippen molar-refractivity contribution in [3.63, 3.8) is 0 Å². The van der Waals surface area contributed by atoms with Gasteiger partial charge in [0.25, 0.3) is 0 Å². The molecule has 2 nitrogen and oxygen atoms in total. The minimum absolute atomic E-state index is 0.276. The summed E-state index contributed by atoms with van der Waals surface area (Å²) in [7, 11) is 0. The minimum atomic E-state index is -0.276. The van der Waals surface area contributed by atoms with Crippen molar-refractivity contribution >= 4 is 17.3 Å². The molecule has 23 heavy (non-hydrogen) atoms. The van der Waals surface area contributed by atoms with Gasteiger partial charge < -0.3 is 4.98 Å². The molecule has 4 rings (SSSR count). The number of fused-ring (bicyclic) bond motifs is 3. The number of nitrogens with one attached hydrogen (secondary N) is 1. The molecule has 2 aromatic carbocycles. The average Bonchev–Trinajstić information content (AvgIpc) is 2.82. The molecule has 0 fully saturated rings. The molecule has 3 aromatic rings. The van der Waals surface area contributed by atoms with Crippen LogP contribution in [0.15, 0.2) is 53.7 Å². The highest BCUT2D eigenvalue weighted by Crippen LogP contribution is 2.36. The SMILES string of the molecule is Cc1[nH]cc2c1-c1ccc(Cl)cc1C(c1ccccc1F)=NC2. The van der Waals surface area contributed by atoms with Crippen LogP contribution in [-0.4, -0.2) is 10.7 Å². The van der Waals surface area contributed by atoms with Crippen LogP contribution in [0.5, 0.6) is 0 Å². The summed E-state index contributed by atoms with van der Waals surface area (Å²) in [6.07, 6.45) is 1.97. The van der Waals surface area contributed by atoms with Crippen molar-refractivity contribution in [1.82, 2.24) is 4.98 Å². The lowest BCUT2D eigenvalue weighted by Crippen LogP contribution is -2.07. The second kappa shape index (κ2) is 5.36. The first kappa shape index (κ1) is 14.2. The van der Waals surface area contributed by atoms with E-state index in [9.17, 15) is 4.39 Å². The zero-order valence-corrected chi connectivity index (χ0v) is 13.3. The van der Waals surface area contributed by atoms with E-state index in [1.54, 1.807) is 12.1 Å². The molecule has 0 spiro atoms. The Labute approximate surface area is 138 Å². The van der Waals surface area contributed by atoms with Gasteiger partial charge in [0.15, 0.2) is 0 Å². The van der Waals surface area contributed by atoms with Crippen molar-refractivity contribution in [2.45, 2.75) is 13.5 Å². The number of aryl methyl sites for hydroxylation is 1. The number of rotatable bonds is 1. The van der Waals surface area contributed by atoms with Gasteiger partial charge in [0, 0.05) is 33.6 Å². The van der Waals surface area contributed by atoms with Crippen molar-refractivity contribution in [2.24, 2.45) is 4.99 Å². The summed E-state index contributed by atoms with van der Waals surface area (Å²) < 4.78 is 14.3. The number of hydrogen-bond donors (Lipinski definition) is 1. The number of H-pyrrole nitrogens is 1. The standard InChI is InChI=1S/C19H14ClFN2/c1-11-18-12(9-22-11)10-23-19(15-4-2-3-5-17(15)21)16-8-13(20)6-7-14(16)18/h2-9,22H,10H2,1H3. The van der Waals surface area contributed by atoms with Crippen LogP contribution in [0.25, 0.3) is 11.1 Å². The van der Waals surface area contributed by atoms with Crippen LogP contribution in [0.3, 0.4) is 0 Å². The molecule has 1 aromatic heterocycles. The van der Waals surface area contributed by atoms with Gasteiger partial charge in [-0.1, -0.05) is 29.8 Å². The molecular formula is C19H14ClFN2. The summed E-state index contributed by atoms with van der Waals surface area (Å²) >= 11 is 6.21. The van der Waals surface area contributed by atoms with Gasteiger partial charge in [0.1, 0.15) is 5.82 Å². The first-order chi connectivity index (χ1) is 11.1. The Hall–Kier alpha value is -2.39. The predicted molar refractivity (Wildman–Crippen MR) is 91.7 cm³/mol. The highest BCUT2D eigenvalue weighted by molar-refractivity contribution is 6.31. The molecule has 2 heterocycles. The molecule has 4 heteroatoms. The van der Waals surface area contributed by atoms with E-state index in [1.165, 1.54) is 6.07 Å². The lowest BCUT2D eigenvalue weighted by atomic mass is 9.92. The number of halogens is 2. The number of aromatic nitrogens is 1. The number of aromatic amines is 1. The number of nitrogens with zero attached hydrogens (tertiary/aromatic N) is 1. The lowest BCUT2D eigenvalue weighted by Gasteiger charge is -2.12. The second-order valence-electron chi connectivity index (χ2n) is 5.65. The van der Waals surface area contributed by atoms with Gasteiger partial charge >= 0.3 is 0 Å². The maximum absolute atomic E-state index is 14.3. The van der Waals surface area contributed by atoms with Crippen molar-refractivity contribution < 1.29 is 4.39 Å². The van der Waals surface area contributed by atoms with Gasteiger partial charge in [-0.3, -0.25) is 4.99 Å². The Bertz CT molecular complexity index is 940. The van der Waals surface area contributed by atoms with Crippen LogP contribution in [0, 0.1) is 12.7 Å². The van der Waals surface area contributed by atoms with E-state index >= 15 is 0 Å². The number of aliphatic imine (C=N–C) groups is 1. The Morgan fingerprint density at radius 2 is 1.91 bits per heavy atom. The van der Waals surface area contributed by atoms with Gasteiger partial charge in [-0.15, -0.1) is 0 Å². The molecule has 0 atom stereocenters. The van der Waals surface area contributed by atoms with Crippen LogP contribution >= 0.6 is 11.6 Å². The van der Waals surface area contributed by atoms with Crippen molar-refractivity contribution in [2.75, 3.05) is 0 Å². The molecular weight excluding hydrogens is 311 g/mol. The molecule has 0 radical (unpaired) electrons. The summed E-state index contributed by atoms with van der Waals surface area (Å²) in [6, 6.07) is 12.4. The van der Waals surface area contributed by atoms with E-state index in [-0.39, 0.29) is 5.82 Å². The highest BCUT2D eigenvalue weighted by atomic mass is 35.5. The molecule has 0 saturated heterocycles. The number of hydrogen-bond acceptors (Lipinski definition) is 1. The fourth-order valence-corrected chi connectivity index (χ4v) is 3.32. The molecule has 0 aliphatic carbocycles. The summed E-state index contributed by atoms with van der Waals surface area (Å²) in [4.78, 5) is 7.94. The third-order valence-corrected chi connectivity index (χ3v) is 4.44. The predicted octanol–water partition coefficient (Wildman–Crippen LogP) is 5.13. The Morgan fingerprint density at radius 1 is 1.09 bits per heavy atom. The highest BCUT2D eigenvalue weighted by Gasteiger charge is 2.22. The smallest absolute Gasteiger partial charge is 0.132 e. The van der Waals surface area contributed by atoms with Crippen LogP contribution in [-0.2, 0) is 6.54 Å². The van der Waals surface area contributed by atoms with E-state index in [0.29, 0.717) is 22.8 Å². The quantitative estimate of drug-likeness (QED) is 0.642. The second-order valence-corrected chi connectivity index (χ2v) is 6.08. The van der Waals surface area contributed by atoms with Crippen LogP contribution in [0.1, 0.15) is 22.4 Å². The topological polar surface area (TPSA) is 28.1 Å². The van der Waals surface area contributed by atoms with Crippen molar-refractivity contribution in [1.29, 1.82) is 0 Å². The monoisotopic (exact) mass is 324 g/mol. The van der Waals surface area contributed by atoms with Gasteiger partial charge in [0.05, 0.1) is 12.3 Å². The van der Waals surface area contributed by atoms with Crippen LogP contribution < -0.4 is 0 Å². The van der Waals surface area contributed by atoms with E-state index in [0.717, 1.165) is 27.9 Å². The van der Waals surface area contributed by atoms with Gasteiger partial charge in [0.2, 0.25) is 0 Å². The van der Waals surface area contributed by atoms with E-state index < -0.39 is 0 Å². The first-order valence-electron chi connectivity index (χ1n) is 7.41. The first-order valence-corrected chi connectivity index (χ1v) is 7.79. The molecule has 0 amide bonds. The molecule has 0 unspecified atom stereocenters. The molecule has 1 aliphatic rings. The van der Waals surface area contributed by atoms with E-state index in [4.69, 9.17) is 11.6 Å². The van der Waals surface area contributed by atoms with E-state index in [1.807, 2.05) is 37.4 Å². The summed E-state index contributed by atoms with van der Waals surface area (Å²) in [5.41, 5.74) is 6.36. The summed E-state index contributed by atoms with van der Waals surface area (Å²) in [5.74, 6) is -0.276. The average molecular weight is 325 g/mol.